The van der Waals surface area contributed by atoms with E-state index in [-0.39, 0.29) is 6.04 Å². The fraction of sp³-hybridized carbons (Fsp3) is 0.273. The van der Waals surface area contributed by atoms with Crippen LogP contribution >= 0.6 is 15.9 Å². The number of likely N-dealkylation sites (N-methyl/N-ethyl adjacent to an activating group) is 1. The van der Waals surface area contributed by atoms with E-state index in [0.29, 0.717) is 0 Å². The maximum Gasteiger partial charge on any atom is 0.173 e. The fourth-order valence-electron chi connectivity index (χ4n) is 1.57. The summed E-state index contributed by atoms with van der Waals surface area (Å²) in [5.74, 6) is 0. The zero-order valence-corrected chi connectivity index (χ0v) is 9.95. The molecule has 0 aliphatic carbocycles. The highest BCUT2D eigenvalue weighted by Crippen LogP contribution is 2.26. The minimum absolute atomic E-state index is 0.232. The van der Waals surface area contributed by atoms with Crippen molar-refractivity contribution in [3.05, 3.63) is 46.7 Å². The molecule has 0 saturated heterocycles. The molecule has 1 N–H and O–H groups in total. The Hall–Kier alpha value is -1.00. The molecular formula is C11H12BrNO2. The van der Waals surface area contributed by atoms with Gasteiger partial charge in [-0.05, 0) is 47.1 Å². The molecule has 15 heavy (non-hydrogen) atoms. The maximum absolute atomic E-state index is 5.22. The van der Waals surface area contributed by atoms with E-state index in [4.69, 9.17) is 8.83 Å². The van der Waals surface area contributed by atoms with Gasteiger partial charge in [-0.15, -0.1) is 0 Å². The van der Waals surface area contributed by atoms with Crippen LogP contribution in [0.25, 0.3) is 0 Å². The summed E-state index contributed by atoms with van der Waals surface area (Å²) in [5, 5.41) is 3.25. The maximum atomic E-state index is 5.22. The van der Waals surface area contributed by atoms with E-state index in [1.807, 2.05) is 19.2 Å². The first kappa shape index (κ1) is 10.5. The van der Waals surface area contributed by atoms with Gasteiger partial charge in [-0.2, -0.15) is 0 Å². The largest absolute Gasteiger partial charge is 0.472 e. The number of hydrogen-bond acceptors (Lipinski definition) is 3. The minimum atomic E-state index is 0.232. The lowest BCUT2D eigenvalue weighted by Gasteiger charge is -2.13. The van der Waals surface area contributed by atoms with Gasteiger partial charge in [0.2, 0.25) is 0 Å². The number of rotatable bonds is 4. The van der Waals surface area contributed by atoms with Crippen LogP contribution in [0.1, 0.15) is 17.2 Å². The zero-order valence-electron chi connectivity index (χ0n) is 8.37. The molecule has 1 atom stereocenters. The van der Waals surface area contributed by atoms with E-state index in [1.165, 1.54) is 5.56 Å². The van der Waals surface area contributed by atoms with Gasteiger partial charge in [-0.25, -0.2) is 0 Å². The van der Waals surface area contributed by atoms with Gasteiger partial charge in [-0.1, -0.05) is 0 Å². The van der Waals surface area contributed by atoms with Crippen LogP contribution < -0.4 is 5.32 Å². The summed E-state index contributed by atoms with van der Waals surface area (Å²) in [6.45, 7) is 0. The van der Waals surface area contributed by atoms with Crippen LogP contribution in [-0.2, 0) is 6.42 Å². The van der Waals surface area contributed by atoms with Crippen molar-refractivity contribution in [3.63, 3.8) is 0 Å². The molecule has 2 aromatic rings. The Kier molecular flexibility index (Phi) is 3.28. The van der Waals surface area contributed by atoms with Crippen LogP contribution in [0, 0.1) is 0 Å². The number of nitrogens with one attached hydrogen (secondary N) is 1. The van der Waals surface area contributed by atoms with Crippen LogP contribution in [0.5, 0.6) is 0 Å². The van der Waals surface area contributed by atoms with Gasteiger partial charge in [0.05, 0.1) is 18.8 Å². The van der Waals surface area contributed by atoms with Crippen LogP contribution in [0.3, 0.4) is 0 Å². The summed E-state index contributed by atoms with van der Waals surface area (Å²) in [7, 11) is 1.93. The molecular weight excluding hydrogens is 258 g/mol. The van der Waals surface area contributed by atoms with Crippen LogP contribution in [0.15, 0.2) is 44.4 Å². The SMILES string of the molecule is CNC(Cc1ccoc1)c1ccoc1Br. The summed E-state index contributed by atoms with van der Waals surface area (Å²) < 4.78 is 11.0. The van der Waals surface area contributed by atoms with E-state index in [9.17, 15) is 0 Å². The molecule has 1 unspecified atom stereocenters. The fourth-order valence-corrected chi connectivity index (χ4v) is 2.08. The van der Waals surface area contributed by atoms with Crippen molar-refractivity contribution in [2.24, 2.45) is 0 Å². The Morgan fingerprint density at radius 1 is 1.40 bits per heavy atom. The Balaban J connectivity index is 2.15. The van der Waals surface area contributed by atoms with Gasteiger partial charge in [-0.3, -0.25) is 0 Å². The lowest BCUT2D eigenvalue weighted by molar-refractivity contribution is 0.515. The average molecular weight is 270 g/mol. The molecule has 0 radical (unpaired) electrons. The van der Waals surface area contributed by atoms with Gasteiger partial charge in [0.25, 0.3) is 0 Å². The predicted molar refractivity (Wildman–Crippen MR) is 60.6 cm³/mol. The Morgan fingerprint density at radius 2 is 2.27 bits per heavy atom. The second-order valence-electron chi connectivity index (χ2n) is 3.33. The van der Waals surface area contributed by atoms with Gasteiger partial charge in [0, 0.05) is 11.6 Å². The monoisotopic (exact) mass is 269 g/mol. The molecule has 0 amide bonds. The number of furan rings is 2. The van der Waals surface area contributed by atoms with E-state index < -0.39 is 0 Å². The molecule has 0 fully saturated rings. The molecule has 0 saturated carbocycles. The minimum Gasteiger partial charge on any atom is -0.472 e. The van der Waals surface area contributed by atoms with E-state index in [2.05, 4.69) is 21.2 Å². The van der Waals surface area contributed by atoms with E-state index in [0.717, 1.165) is 16.7 Å². The highest BCUT2D eigenvalue weighted by Gasteiger charge is 2.15. The topological polar surface area (TPSA) is 38.3 Å². The Labute approximate surface area is 96.6 Å². The molecule has 2 aromatic heterocycles. The lowest BCUT2D eigenvalue weighted by Crippen LogP contribution is -2.18. The van der Waals surface area contributed by atoms with Crippen molar-refractivity contribution in [2.75, 3.05) is 7.05 Å². The summed E-state index contributed by atoms with van der Waals surface area (Å²) in [6, 6.07) is 4.17. The molecule has 0 aliphatic rings. The standard InChI is InChI=1S/C11H12BrNO2/c1-13-10(6-8-2-4-14-7-8)9-3-5-15-11(9)12/h2-5,7,10,13H,6H2,1H3. The third-order valence-electron chi connectivity index (χ3n) is 2.39. The molecule has 4 heteroatoms. The lowest BCUT2D eigenvalue weighted by atomic mass is 10.0. The van der Waals surface area contributed by atoms with E-state index in [1.54, 1.807) is 18.8 Å². The first-order valence-electron chi connectivity index (χ1n) is 4.72. The van der Waals surface area contributed by atoms with Crippen molar-refractivity contribution < 1.29 is 8.83 Å². The second-order valence-corrected chi connectivity index (χ2v) is 4.05. The van der Waals surface area contributed by atoms with Gasteiger partial charge in [0.15, 0.2) is 4.67 Å². The molecule has 2 rings (SSSR count). The number of hydrogen-bond donors (Lipinski definition) is 1. The number of halogens is 1. The zero-order chi connectivity index (χ0) is 10.7. The van der Waals surface area contributed by atoms with Crippen molar-refractivity contribution >= 4 is 15.9 Å². The quantitative estimate of drug-likeness (QED) is 0.927. The Bertz CT molecular complexity index is 408. The normalized spacial score (nSPS) is 12.9. The first-order valence-corrected chi connectivity index (χ1v) is 5.52. The van der Waals surface area contributed by atoms with Gasteiger partial charge >= 0.3 is 0 Å². The molecule has 3 nitrogen and oxygen atoms in total. The molecule has 0 aromatic carbocycles. The van der Waals surface area contributed by atoms with Crippen molar-refractivity contribution in [1.29, 1.82) is 0 Å². The highest BCUT2D eigenvalue weighted by atomic mass is 79.9. The molecule has 80 valence electrons. The molecule has 0 aliphatic heterocycles. The predicted octanol–water partition coefficient (Wildman–Crippen LogP) is 3.14. The van der Waals surface area contributed by atoms with Gasteiger partial charge < -0.3 is 14.2 Å². The van der Waals surface area contributed by atoms with Crippen molar-refractivity contribution in [3.8, 4) is 0 Å². The summed E-state index contributed by atoms with van der Waals surface area (Å²) in [5.41, 5.74) is 2.29. The third kappa shape index (κ3) is 2.33. The molecule has 0 spiro atoms. The van der Waals surface area contributed by atoms with Crippen molar-refractivity contribution in [2.45, 2.75) is 12.5 Å². The summed E-state index contributed by atoms with van der Waals surface area (Å²) >= 11 is 3.38. The van der Waals surface area contributed by atoms with Crippen LogP contribution in [0.2, 0.25) is 0 Å². The van der Waals surface area contributed by atoms with Crippen molar-refractivity contribution in [1.82, 2.24) is 5.32 Å². The van der Waals surface area contributed by atoms with Gasteiger partial charge in [0.1, 0.15) is 0 Å². The summed E-state index contributed by atoms with van der Waals surface area (Å²) in [6.07, 6.45) is 6.01. The second kappa shape index (κ2) is 4.68. The van der Waals surface area contributed by atoms with E-state index >= 15 is 0 Å². The third-order valence-corrected chi connectivity index (χ3v) is 3.03. The molecule has 2 heterocycles. The van der Waals surface area contributed by atoms with Crippen LogP contribution in [0.4, 0.5) is 0 Å². The summed E-state index contributed by atoms with van der Waals surface area (Å²) in [4.78, 5) is 0. The Morgan fingerprint density at radius 3 is 2.80 bits per heavy atom. The average Bonchev–Trinajstić information content (AvgIpc) is 2.85. The smallest absolute Gasteiger partial charge is 0.173 e. The molecule has 0 bridgehead atoms. The highest BCUT2D eigenvalue weighted by molar-refractivity contribution is 9.10. The first-order chi connectivity index (χ1) is 7.31. The van der Waals surface area contributed by atoms with Crippen LogP contribution in [-0.4, -0.2) is 7.05 Å².